The summed E-state index contributed by atoms with van der Waals surface area (Å²) in [5.41, 5.74) is 3.90. The standard InChI is InChI=1S/C28H29FN8O2/c1-15-6-7-16(2)25(29)24(15)22-12-30-13-23(35-22)26(38)34-20-10-32-37(14-20)19(5)21-11-31-28(33-18(21)4)36-9-8-17(3)27(36)39/h6-7,10-14,17,19H,8-9H2,1-5H3,(H,34,38)/t17-,19?/m1/s1. The zero-order chi connectivity index (χ0) is 27.8. The smallest absolute Gasteiger partial charge is 0.275 e. The molecule has 1 aliphatic heterocycles. The van der Waals surface area contributed by atoms with Crippen LogP contribution >= 0.6 is 0 Å². The van der Waals surface area contributed by atoms with E-state index in [0.717, 1.165) is 17.7 Å². The quantitative estimate of drug-likeness (QED) is 0.393. The SMILES string of the molecule is Cc1ccc(C)c(-c2cncc(C(=O)Nc3cnn(C(C)c4cnc(N5CC[C@@H](C)C5=O)nc4C)c3)n2)c1F. The molecule has 11 heteroatoms. The minimum absolute atomic E-state index is 0.0218. The molecule has 1 saturated heterocycles. The van der Waals surface area contributed by atoms with E-state index >= 15 is 0 Å². The Morgan fingerprint density at radius 2 is 1.87 bits per heavy atom. The lowest BCUT2D eigenvalue weighted by molar-refractivity contribution is -0.119. The third-order valence-electron chi connectivity index (χ3n) is 7.09. The molecule has 0 spiro atoms. The van der Waals surface area contributed by atoms with E-state index in [1.54, 1.807) is 41.9 Å². The number of nitrogens with one attached hydrogen (secondary N) is 1. The van der Waals surface area contributed by atoms with Crippen LogP contribution < -0.4 is 10.2 Å². The Balaban J connectivity index is 1.31. The second-order valence-electron chi connectivity index (χ2n) is 9.91. The van der Waals surface area contributed by atoms with Gasteiger partial charge in [-0.05, 0) is 45.2 Å². The molecule has 10 nitrogen and oxygen atoms in total. The van der Waals surface area contributed by atoms with Gasteiger partial charge in [-0.1, -0.05) is 19.1 Å². The summed E-state index contributed by atoms with van der Waals surface area (Å²) in [6.45, 7) is 9.81. The molecule has 0 saturated carbocycles. The molecule has 4 aromatic rings. The number of hydrogen-bond acceptors (Lipinski definition) is 7. The van der Waals surface area contributed by atoms with Gasteiger partial charge in [0, 0.05) is 41.7 Å². The van der Waals surface area contributed by atoms with Crippen LogP contribution in [-0.4, -0.2) is 48.1 Å². The van der Waals surface area contributed by atoms with E-state index in [2.05, 4.69) is 30.4 Å². The number of rotatable bonds is 6. The van der Waals surface area contributed by atoms with Gasteiger partial charge >= 0.3 is 0 Å². The first-order chi connectivity index (χ1) is 18.6. The number of nitrogens with zero attached hydrogens (tertiary/aromatic N) is 7. The molecule has 2 atom stereocenters. The molecule has 1 aromatic carbocycles. The molecule has 1 unspecified atom stereocenters. The number of carbonyl (C=O) groups is 2. The Bertz CT molecular complexity index is 1580. The van der Waals surface area contributed by atoms with Crippen LogP contribution in [0.2, 0.25) is 0 Å². The molecular weight excluding hydrogens is 499 g/mol. The van der Waals surface area contributed by atoms with Crippen molar-refractivity contribution in [3.05, 3.63) is 77.0 Å². The summed E-state index contributed by atoms with van der Waals surface area (Å²) in [5, 5.41) is 7.18. The molecule has 0 bridgehead atoms. The number of carbonyl (C=O) groups excluding carboxylic acids is 2. The minimum atomic E-state index is -0.490. The van der Waals surface area contributed by atoms with Crippen molar-refractivity contribution < 1.29 is 14.0 Å². The van der Waals surface area contributed by atoms with Crippen molar-refractivity contribution in [2.75, 3.05) is 16.8 Å². The summed E-state index contributed by atoms with van der Waals surface area (Å²) >= 11 is 0. The lowest BCUT2D eigenvalue weighted by atomic mass is 10.0. The summed E-state index contributed by atoms with van der Waals surface area (Å²) in [6.07, 6.45) is 8.51. The molecule has 1 fully saturated rings. The monoisotopic (exact) mass is 528 g/mol. The van der Waals surface area contributed by atoms with E-state index in [1.807, 2.05) is 26.8 Å². The van der Waals surface area contributed by atoms with Gasteiger partial charge in [0.05, 0.1) is 36.0 Å². The Labute approximate surface area is 225 Å². The number of aromatic nitrogens is 6. The fourth-order valence-corrected chi connectivity index (χ4v) is 4.66. The fraction of sp³-hybridized carbons (Fsp3) is 0.321. The molecule has 3 aromatic heterocycles. The highest BCUT2D eigenvalue weighted by molar-refractivity contribution is 6.02. The maximum atomic E-state index is 14.8. The lowest BCUT2D eigenvalue weighted by Crippen LogP contribution is -2.28. The van der Waals surface area contributed by atoms with Crippen LogP contribution in [-0.2, 0) is 4.79 Å². The molecule has 1 N–H and O–H groups in total. The highest BCUT2D eigenvalue weighted by atomic mass is 19.1. The summed E-state index contributed by atoms with van der Waals surface area (Å²) in [7, 11) is 0. The maximum Gasteiger partial charge on any atom is 0.275 e. The van der Waals surface area contributed by atoms with Crippen molar-refractivity contribution in [1.82, 2.24) is 29.7 Å². The van der Waals surface area contributed by atoms with Crippen LogP contribution in [0.4, 0.5) is 16.0 Å². The first-order valence-corrected chi connectivity index (χ1v) is 12.7. The number of hydrogen-bond donors (Lipinski definition) is 1. The Hall–Kier alpha value is -4.54. The Kier molecular flexibility index (Phi) is 6.90. The van der Waals surface area contributed by atoms with E-state index < -0.39 is 5.91 Å². The highest BCUT2D eigenvalue weighted by Crippen LogP contribution is 2.28. The number of amides is 2. The Morgan fingerprint density at radius 1 is 1.10 bits per heavy atom. The van der Waals surface area contributed by atoms with E-state index in [0.29, 0.717) is 34.9 Å². The van der Waals surface area contributed by atoms with E-state index in [9.17, 15) is 14.0 Å². The van der Waals surface area contributed by atoms with Crippen molar-refractivity contribution in [3.8, 4) is 11.3 Å². The minimum Gasteiger partial charge on any atom is -0.318 e. The summed E-state index contributed by atoms with van der Waals surface area (Å²) < 4.78 is 16.5. The maximum absolute atomic E-state index is 14.8. The normalized spacial score (nSPS) is 16.0. The van der Waals surface area contributed by atoms with Crippen LogP contribution in [0.1, 0.15) is 59.2 Å². The molecular formula is C28H29FN8O2. The van der Waals surface area contributed by atoms with Crippen molar-refractivity contribution in [1.29, 1.82) is 0 Å². The van der Waals surface area contributed by atoms with Gasteiger partial charge in [-0.25, -0.2) is 19.3 Å². The average molecular weight is 529 g/mol. The molecule has 0 aliphatic carbocycles. The summed E-state index contributed by atoms with van der Waals surface area (Å²) in [6, 6.07) is 3.28. The van der Waals surface area contributed by atoms with Gasteiger partial charge in [0.25, 0.3) is 5.91 Å². The molecule has 2 amide bonds. The molecule has 4 heterocycles. The van der Waals surface area contributed by atoms with Gasteiger partial charge < -0.3 is 5.32 Å². The predicted octanol–water partition coefficient (Wildman–Crippen LogP) is 4.43. The van der Waals surface area contributed by atoms with Gasteiger partial charge in [0.15, 0.2) is 0 Å². The molecule has 39 heavy (non-hydrogen) atoms. The van der Waals surface area contributed by atoms with E-state index in [-0.39, 0.29) is 35.1 Å². The third-order valence-corrected chi connectivity index (χ3v) is 7.09. The number of halogens is 1. The number of anilines is 2. The molecule has 200 valence electrons. The summed E-state index contributed by atoms with van der Waals surface area (Å²) in [5.74, 6) is -0.444. The van der Waals surface area contributed by atoms with Gasteiger partial charge in [-0.2, -0.15) is 5.10 Å². The van der Waals surface area contributed by atoms with Crippen LogP contribution in [0.3, 0.4) is 0 Å². The van der Waals surface area contributed by atoms with Crippen LogP contribution in [0.5, 0.6) is 0 Å². The van der Waals surface area contributed by atoms with Crippen molar-refractivity contribution in [2.45, 2.75) is 47.1 Å². The van der Waals surface area contributed by atoms with Crippen molar-refractivity contribution in [2.24, 2.45) is 5.92 Å². The first kappa shape index (κ1) is 26.1. The highest BCUT2D eigenvalue weighted by Gasteiger charge is 2.31. The van der Waals surface area contributed by atoms with Gasteiger partial charge in [-0.3, -0.25) is 24.2 Å². The number of benzene rings is 1. The zero-order valence-corrected chi connectivity index (χ0v) is 22.4. The third kappa shape index (κ3) is 4.99. The van der Waals surface area contributed by atoms with E-state index in [1.165, 1.54) is 18.6 Å². The molecule has 5 rings (SSSR count). The molecule has 0 radical (unpaired) electrons. The van der Waals surface area contributed by atoms with Crippen LogP contribution in [0, 0.1) is 32.5 Å². The second kappa shape index (κ2) is 10.3. The first-order valence-electron chi connectivity index (χ1n) is 12.7. The fourth-order valence-electron chi connectivity index (χ4n) is 4.66. The van der Waals surface area contributed by atoms with Gasteiger partial charge in [-0.15, -0.1) is 0 Å². The summed E-state index contributed by atoms with van der Waals surface area (Å²) in [4.78, 5) is 44.4. The number of aryl methyl sites for hydroxylation is 3. The average Bonchev–Trinajstić information content (AvgIpc) is 3.52. The largest absolute Gasteiger partial charge is 0.318 e. The Morgan fingerprint density at radius 3 is 2.59 bits per heavy atom. The van der Waals surface area contributed by atoms with Crippen LogP contribution in [0.25, 0.3) is 11.3 Å². The van der Waals surface area contributed by atoms with E-state index in [4.69, 9.17) is 0 Å². The van der Waals surface area contributed by atoms with Crippen LogP contribution in [0.15, 0.2) is 43.1 Å². The zero-order valence-electron chi connectivity index (χ0n) is 22.4. The van der Waals surface area contributed by atoms with Gasteiger partial charge in [0.1, 0.15) is 11.5 Å². The molecule has 1 aliphatic rings. The predicted molar refractivity (Wildman–Crippen MR) is 144 cm³/mol. The second-order valence-corrected chi connectivity index (χ2v) is 9.91. The topological polar surface area (TPSA) is 119 Å². The van der Waals surface area contributed by atoms with Crippen molar-refractivity contribution >= 4 is 23.5 Å². The lowest BCUT2D eigenvalue weighted by Gasteiger charge is -2.18. The van der Waals surface area contributed by atoms with Crippen molar-refractivity contribution in [3.63, 3.8) is 0 Å². The van der Waals surface area contributed by atoms with Gasteiger partial charge in [0.2, 0.25) is 11.9 Å².